The Morgan fingerprint density at radius 1 is 1.08 bits per heavy atom. The molecule has 0 spiro atoms. The van der Waals surface area contributed by atoms with Crippen molar-refractivity contribution in [3.05, 3.63) is 59.2 Å². The number of carbonyl (C=O) groups is 1. The number of anilines is 2. The molecule has 0 atom stereocenters. The zero-order valence-corrected chi connectivity index (χ0v) is 15.3. The molecular formula is C19H22N2O3S. The number of hydrogen-bond donors (Lipinski definition) is 1. The van der Waals surface area contributed by atoms with Crippen LogP contribution in [0.4, 0.5) is 11.4 Å². The summed E-state index contributed by atoms with van der Waals surface area (Å²) >= 11 is 0. The lowest BCUT2D eigenvalue weighted by atomic mass is 10.1. The molecule has 0 unspecified atom stereocenters. The van der Waals surface area contributed by atoms with E-state index in [1.54, 1.807) is 24.3 Å². The Bertz CT molecular complexity index is 907. The fraction of sp³-hybridized carbons (Fsp3) is 0.316. The van der Waals surface area contributed by atoms with Crippen molar-refractivity contribution >= 4 is 27.3 Å². The Balaban J connectivity index is 1.84. The normalized spacial score (nSPS) is 16.5. The van der Waals surface area contributed by atoms with Gasteiger partial charge in [0.2, 0.25) is 10.0 Å². The average Bonchev–Trinajstić information content (AvgIpc) is 2.57. The number of benzene rings is 2. The van der Waals surface area contributed by atoms with Crippen molar-refractivity contribution in [1.82, 2.24) is 0 Å². The van der Waals surface area contributed by atoms with Crippen molar-refractivity contribution in [2.24, 2.45) is 0 Å². The van der Waals surface area contributed by atoms with Gasteiger partial charge in [0.1, 0.15) is 0 Å². The van der Waals surface area contributed by atoms with Crippen molar-refractivity contribution in [3.63, 3.8) is 0 Å². The monoisotopic (exact) mass is 358 g/mol. The van der Waals surface area contributed by atoms with Gasteiger partial charge < -0.3 is 5.32 Å². The van der Waals surface area contributed by atoms with Gasteiger partial charge in [-0.1, -0.05) is 23.8 Å². The molecule has 0 aromatic heterocycles. The van der Waals surface area contributed by atoms with E-state index in [9.17, 15) is 13.2 Å². The molecule has 0 aliphatic carbocycles. The number of rotatable bonds is 3. The summed E-state index contributed by atoms with van der Waals surface area (Å²) in [4.78, 5) is 12.6. The number of aryl methyl sites for hydroxylation is 2. The van der Waals surface area contributed by atoms with E-state index in [-0.39, 0.29) is 11.7 Å². The third kappa shape index (κ3) is 3.85. The molecule has 5 nitrogen and oxygen atoms in total. The number of nitrogens with zero attached hydrogens (tertiary/aromatic N) is 1. The molecule has 1 N–H and O–H groups in total. The van der Waals surface area contributed by atoms with Crippen LogP contribution in [0.3, 0.4) is 0 Å². The Kier molecular flexibility index (Phi) is 4.81. The van der Waals surface area contributed by atoms with Gasteiger partial charge in [0.15, 0.2) is 0 Å². The lowest BCUT2D eigenvalue weighted by molar-refractivity contribution is 0.102. The van der Waals surface area contributed by atoms with Crippen molar-refractivity contribution in [1.29, 1.82) is 0 Å². The predicted molar refractivity (Wildman–Crippen MR) is 101 cm³/mol. The summed E-state index contributed by atoms with van der Waals surface area (Å²) < 4.78 is 25.9. The van der Waals surface area contributed by atoms with Crippen LogP contribution in [0, 0.1) is 13.8 Å². The summed E-state index contributed by atoms with van der Waals surface area (Å²) in [6, 6.07) is 12.6. The van der Waals surface area contributed by atoms with E-state index in [2.05, 4.69) is 5.32 Å². The van der Waals surface area contributed by atoms with E-state index in [0.717, 1.165) is 23.2 Å². The smallest absolute Gasteiger partial charge is 0.255 e. The molecule has 132 valence electrons. The number of nitrogens with one attached hydrogen (secondary N) is 1. The number of hydrogen-bond acceptors (Lipinski definition) is 3. The van der Waals surface area contributed by atoms with Crippen LogP contribution in [0.1, 0.15) is 34.3 Å². The van der Waals surface area contributed by atoms with E-state index in [1.807, 2.05) is 32.0 Å². The van der Waals surface area contributed by atoms with E-state index in [1.165, 1.54) is 4.31 Å². The fourth-order valence-corrected chi connectivity index (χ4v) is 4.66. The summed E-state index contributed by atoms with van der Waals surface area (Å²) in [6.07, 6.45) is 1.52. The second-order valence-electron chi connectivity index (χ2n) is 6.42. The van der Waals surface area contributed by atoms with Gasteiger partial charge in [-0.3, -0.25) is 9.10 Å². The topological polar surface area (TPSA) is 66.5 Å². The molecule has 1 aliphatic rings. The molecule has 1 fully saturated rings. The van der Waals surface area contributed by atoms with Gasteiger partial charge in [-0.05, 0) is 56.5 Å². The first kappa shape index (κ1) is 17.5. The summed E-state index contributed by atoms with van der Waals surface area (Å²) in [5.41, 5.74) is 3.87. The molecule has 0 saturated carbocycles. The largest absolute Gasteiger partial charge is 0.322 e. The third-order valence-electron chi connectivity index (χ3n) is 4.38. The van der Waals surface area contributed by atoms with Crippen LogP contribution in [0.2, 0.25) is 0 Å². The van der Waals surface area contributed by atoms with E-state index in [0.29, 0.717) is 24.2 Å². The maximum atomic E-state index is 12.6. The number of carbonyl (C=O) groups excluding carboxylic acids is 1. The van der Waals surface area contributed by atoms with Crippen molar-refractivity contribution in [2.45, 2.75) is 26.7 Å². The minimum Gasteiger partial charge on any atom is -0.322 e. The Hall–Kier alpha value is -2.34. The Morgan fingerprint density at radius 2 is 1.88 bits per heavy atom. The molecule has 25 heavy (non-hydrogen) atoms. The second kappa shape index (κ2) is 6.88. The van der Waals surface area contributed by atoms with Crippen LogP contribution in [-0.4, -0.2) is 26.6 Å². The molecule has 1 saturated heterocycles. The van der Waals surface area contributed by atoms with Crippen molar-refractivity contribution in [2.75, 3.05) is 21.9 Å². The molecule has 1 heterocycles. The lowest BCUT2D eigenvalue weighted by Crippen LogP contribution is -2.37. The molecular weight excluding hydrogens is 336 g/mol. The van der Waals surface area contributed by atoms with E-state index < -0.39 is 10.0 Å². The SMILES string of the molecule is Cc1ccc(NC(=O)c2cccc(N3CCCCS3(=O)=O)c2)c(C)c1. The highest BCUT2D eigenvalue weighted by molar-refractivity contribution is 7.92. The number of sulfonamides is 1. The minimum atomic E-state index is -3.29. The summed E-state index contributed by atoms with van der Waals surface area (Å²) in [7, 11) is -3.29. The lowest BCUT2D eigenvalue weighted by Gasteiger charge is -2.28. The molecule has 1 aliphatic heterocycles. The van der Waals surface area contributed by atoms with Crippen LogP contribution in [0.15, 0.2) is 42.5 Å². The van der Waals surface area contributed by atoms with Crippen molar-refractivity contribution in [3.8, 4) is 0 Å². The minimum absolute atomic E-state index is 0.159. The molecule has 3 rings (SSSR count). The zero-order chi connectivity index (χ0) is 18.0. The average molecular weight is 358 g/mol. The van der Waals surface area contributed by atoms with E-state index >= 15 is 0 Å². The van der Waals surface area contributed by atoms with Crippen molar-refractivity contribution < 1.29 is 13.2 Å². The van der Waals surface area contributed by atoms with Gasteiger partial charge in [0, 0.05) is 17.8 Å². The fourth-order valence-electron chi connectivity index (χ4n) is 3.03. The first-order valence-corrected chi connectivity index (χ1v) is 9.97. The highest BCUT2D eigenvalue weighted by Gasteiger charge is 2.26. The first-order valence-electron chi connectivity index (χ1n) is 8.36. The van der Waals surface area contributed by atoms with Gasteiger partial charge >= 0.3 is 0 Å². The van der Waals surface area contributed by atoms with Gasteiger partial charge in [-0.25, -0.2) is 8.42 Å². The van der Waals surface area contributed by atoms with Gasteiger partial charge in [-0.2, -0.15) is 0 Å². The first-order chi connectivity index (χ1) is 11.9. The third-order valence-corrected chi connectivity index (χ3v) is 6.25. The highest BCUT2D eigenvalue weighted by Crippen LogP contribution is 2.25. The zero-order valence-electron chi connectivity index (χ0n) is 14.5. The summed E-state index contributed by atoms with van der Waals surface area (Å²) in [6.45, 7) is 4.41. The van der Waals surface area contributed by atoms with Crippen LogP contribution in [0.5, 0.6) is 0 Å². The quantitative estimate of drug-likeness (QED) is 0.913. The predicted octanol–water partition coefficient (Wildman–Crippen LogP) is 3.49. The van der Waals surface area contributed by atoms with Crippen LogP contribution in [-0.2, 0) is 10.0 Å². The molecule has 1 amide bonds. The Morgan fingerprint density at radius 3 is 2.60 bits per heavy atom. The second-order valence-corrected chi connectivity index (χ2v) is 8.43. The molecule has 2 aromatic carbocycles. The maximum Gasteiger partial charge on any atom is 0.255 e. The van der Waals surface area contributed by atoms with Gasteiger partial charge in [-0.15, -0.1) is 0 Å². The molecule has 0 radical (unpaired) electrons. The molecule has 6 heteroatoms. The molecule has 2 aromatic rings. The van der Waals surface area contributed by atoms with Crippen LogP contribution < -0.4 is 9.62 Å². The highest BCUT2D eigenvalue weighted by atomic mass is 32.2. The summed E-state index contributed by atoms with van der Waals surface area (Å²) in [5, 5.41) is 2.90. The summed E-state index contributed by atoms with van der Waals surface area (Å²) in [5.74, 6) is -0.0883. The number of amides is 1. The van der Waals surface area contributed by atoms with Crippen LogP contribution in [0.25, 0.3) is 0 Å². The van der Waals surface area contributed by atoms with Gasteiger partial charge in [0.05, 0.1) is 11.4 Å². The Labute approximate surface area is 148 Å². The standard InChI is InChI=1S/C19H22N2O3S/c1-14-8-9-18(15(2)12-14)20-19(22)16-6-5-7-17(13-16)21-10-3-4-11-25(21,23)24/h5-9,12-13H,3-4,10-11H2,1-2H3,(H,20,22). The van der Waals surface area contributed by atoms with E-state index in [4.69, 9.17) is 0 Å². The molecule has 0 bridgehead atoms. The maximum absolute atomic E-state index is 12.6. The van der Waals surface area contributed by atoms with Crippen LogP contribution >= 0.6 is 0 Å². The van der Waals surface area contributed by atoms with Gasteiger partial charge in [0.25, 0.3) is 5.91 Å².